The van der Waals surface area contributed by atoms with Gasteiger partial charge in [-0.25, -0.2) is 0 Å². The number of fused-ring (bicyclic) bond motifs is 5. The van der Waals surface area contributed by atoms with E-state index in [1.807, 2.05) is 0 Å². The van der Waals surface area contributed by atoms with Gasteiger partial charge in [-0.2, -0.15) is 0 Å². The molecule has 0 spiro atoms. The van der Waals surface area contributed by atoms with E-state index in [4.69, 9.17) is 6.42 Å². The van der Waals surface area contributed by atoms with Crippen molar-refractivity contribution in [2.24, 2.45) is 29.1 Å². The summed E-state index contributed by atoms with van der Waals surface area (Å²) in [5.74, 6) is 5.48. The van der Waals surface area contributed by atoms with Crippen LogP contribution in [0.3, 0.4) is 0 Å². The second kappa shape index (κ2) is 5.25. The van der Waals surface area contributed by atoms with Crippen LogP contribution in [0.25, 0.3) is 0 Å². The molecule has 0 radical (unpaired) electrons. The topological polar surface area (TPSA) is 20.2 Å². The third kappa shape index (κ3) is 1.91. The van der Waals surface area contributed by atoms with Gasteiger partial charge in [0.05, 0.1) is 0 Å². The van der Waals surface area contributed by atoms with E-state index in [9.17, 15) is 5.11 Å². The van der Waals surface area contributed by atoms with Crippen molar-refractivity contribution in [3.05, 3.63) is 23.8 Å². The number of hydrogen-bond donors (Lipinski definition) is 1. The van der Waals surface area contributed by atoms with Crippen LogP contribution in [0.2, 0.25) is 0 Å². The molecular formula is C22H30O. The molecule has 0 heterocycles. The summed E-state index contributed by atoms with van der Waals surface area (Å²) < 4.78 is 0. The number of hydrogen-bond acceptors (Lipinski definition) is 1. The molecule has 4 aliphatic rings. The Balaban J connectivity index is 1.74. The summed E-state index contributed by atoms with van der Waals surface area (Å²) in [5.41, 5.74) is 2.08. The van der Waals surface area contributed by atoms with Gasteiger partial charge in [-0.05, 0) is 81.5 Å². The molecule has 124 valence electrons. The fourth-order valence-electron chi connectivity index (χ4n) is 7.03. The first-order valence-corrected chi connectivity index (χ1v) is 9.63. The average molecular weight is 310 g/mol. The molecule has 1 heteroatoms. The normalized spacial score (nSPS) is 48.7. The molecule has 0 amide bonds. The van der Waals surface area contributed by atoms with E-state index in [-0.39, 0.29) is 5.41 Å². The zero-order chi connectivity index (χ0) is 16.2. The lowest BCUT2D eigenvalue weighted by molar-refractivity contribution is -0.0788. The largest absolute Gasteiger partial charge is 0.377 e. The Hall–Kier alpha value is -1.00. The summed E-state index contributed by atoms with van der Waals surface area (Å²) in [6.07, 6.45) is 18.6. The monoisotopic (exact) mass is 310 g/mol. The van der Waals surface area contributed by atoms with E-state index >= 15 is 0 Å². The molecule has 0 aromatic carbocycles. The maximum absolute atomic E-state index is 11.2. The maximum atomic E-state index is 11.2. The lowest BCUT2D eigenvalue weighted by Crippen LogP contribution is -2.54. The van der Waals surface area contributed by atoms with E-state index < -0.39 is 5.60 Å². The second-order valence-electron chi connectivity index (χ2n) is 8.54. The SMILES string of the molecule is C#C[C@]1(O)CC[C@H]2[C@@H]3CCC4=CCCCC4[C@H]3C(=C)C[C@@]21CC. The molecule has 0 aromatic rings. The highest BCUT2D eigenvalue weighted by molar-refractivity contribution is 5.32. The van der Waals surface area contributed by atoms with Crippen LogP contribution >= 0.6 is 0 Å². The van der Waals surface area contributed by atoms with Gasteiger partial charge in [-0.1, -0.05) is 36.6 Å². The summed E-state index contributed by atoms with van der Waals surface area (Å²) in [7, 11) is 0. The minimum absolute atomic E-state index is 0.115. The average Bonchev–Trinajstić information content (AvgIpc) is 2.88. The standard InChI is InChI=1S/C22H30O/c1-4-21-14-15(3)20-17-9-7-6-8-16(17)10-11-18(20)19(21)12-13-22(21,23)5-2/h2,8,17-20,23H,3-4,6-7,9-14H2,1H3/t17?,18-,19-,20+,21-,22-/m0/s1. The Morgan fingerprint density at radius 2 is 2.22 bits per heavy atom. The van der Waals surface area contributed by atoms with Crippen LogP contribution in [0.15, 0.2) is 23.8 Å². The van der Waals surface area contributed by atoms with Crippen molar-refractivity contribution < 1.29 is 5.11 Å². The van der Waals surface area contributed by atoms with Crippen molar-refractivity contribution >= 4 is 0 Å². The Morgan fingerprint density at radius 3 is 2.96 bits per heavy atom. The molecule has 0 aliphatic heterocycles. The van der Waals surface area contributed by atoms with Crippen LogP contribution < -0.4 is 0 Å². The first-order chi connectivity index (χ1) is 11.1. The van der Waals surface area contributed by atoms with Gasteiger partial charge in [0.15, 0.2) is 0 Å². The van der Waals surface area contributed by atoms with Gasteiger partial charge in [-0.15, -0.1) is 6.42 Å². The van der Waals surface area contributed by atoms with Crippen LogP contribution in [-0.4, -0.2) is 10.7 Å². The van der Waals surface area contributed by atoms with Crippen molar-refractivity contribution in [2.45, 2.75) is 70.3 Å². The Kier molecular flexibility index (Phi) is 3.54. The highest BCUT2D eigenvalue weighted by Crippen LogP contribution is 2.67. The molecule has 6 atom stereocenters. The van der Waals surface area contributed by atoms with E-state index in [0.29, 0.717) is 17.8 Å². The third-order valence-electron chi connectivity index (χ3n) is 8.01. The van der Waals surface area contributed by atoms with Crippen molar-refractivity contribution in [2.75, 3.05) is 0 Å². The lowest BCUT2D eigenvalue weighted by atomic mass is 9.48. The minimum Gasteiger partial charge on any atom is -0.377 e. The number of terminal acetylenes is 1. The van der Waals surface area contributed by atoms with Crippen LogP contribution in [0.5, 0.6) is 0 Å². The Morgan fingerprint density at radius 1 is 1.39 bits per heavy atom. The highest BCUT2D eigenvalue weighted by Gasteiger charge is 2.64. The van der Waals surface area contributed by atoms with Gasteiger partial charge in [-0.3, -0.25) is 0 Å². The fraction of sp³-hybridized carbons (Fsp3) is 0.727. The number of rotatable bonds is 1. The molecule has 0 aromatic heterocycles. The zero-order valence-corrected chi connectivity index (χ0v) is 14.5. The quantitative estimate of drug-likeness (QED) is 0.541. The van der Waals surface area contributed by atoms with Gasteiger partial charge in [0.1, 0.15) is 5.60 Å². The van der Waals surface area contributed by atoms with Gasteiger partial charge in [0, 0.05) is 5.41 Å². The zero-order valence-electron chi connectivity index (χ0n) is 14.5. The van der Waals surface area contributed by atoms with E-state index in [0.717, 1.165) is 31.6 Å². The van der Waals surface area contributed by atoms with Crippen LogP contribution in [0, 0.1) is 41.4 Å². The fourth-order valence-corrected chi connectivity index (χ4v) is 7.03. The molecule has 0 bridgehead atoms. The highest BCUT2D eigenvalue weighted by atomic mass is 16.3. The van der Waals surface area contributed by atoms with Crippen molar-refractivity contribution in [3.8, 4) is 12.3 Å². The smallest absolute Gasteiger partial charge is 0.131 e. The van der Waals surface area contributed by atoms with Crippen molar-refractivity contribution in [1.82, 2.24) is 0 Å². The summed E-state index contributed by atoms with van der Waals surface area (Å²) >= 11 is 0. The molecule has 1 nitrogen and oxygen atoms in total. The van der Waals surface area contributed by atoms with Gasteiger partial charge < -0.3 is 5.11 Å². The molecule has 3 saturated carbocycles. The Labute approximate surface area is 141 Å². The molecule has 0 saturated heterocycles. The predicted octanol–water partition coefficient (Wildman–Crippen LogP) is 4.87. The third-order valence-corrected chi connectivity index (χ3v) is 8.01. The van der Waals surface area contributed by atoms with Gasteiger partial charge in [0.25, 0.3) is 0 Å². The molecule has 1 N–H and O–H groups in total. The first-order valence-electron chi connectivity index (χ1n) is 9.63. The molecular weight excluding hydrogens is 280 g/mol. The van der Waals surface area contributed by atoms with Crippen LogP contribution in [-0.2, 0) is 0 Å². The minimum atomic E-state index is -0.914. The van der Waals surface area contributed by atoms with E-state index in [2.05, 4.69) is 25.5 Å². The summed E-state index contributed by atoms with van der Waals surface area (Å²) in [4.78, 5) is 0. The van der Waals surface area contributed by atoms with Gasteiger partial charge >= 0.3 is 0 Å². The molecule has 4 aliphatic carbocycles. The number of allylic oxidation sites excluding steroid dienone is 3. The van der Waals surface area contributed by atoms with Crippen molar-refractivity contribution in [1.29, 1.82) is 0 Å². The van der Waals surface area contributed by atoms with E-state index in [1.165, 1.54) is 37.7 Å². The van der Waals surface area contributed by atoms with Gasteiger partial charge in [0.2, 0.25) is 0 Å². The first kappa shape index (κ1) is 15.5. The lowest BCUT2D eigenvalue weighted by Gasteiger charge is -2.56. The van der Waals surface area contributed by atoms with Crippen molar-refractivity contribution in [3.63, 3.8) is 0 Å². The predicted molar refractivity (Wildman–Crippen MR) is 94.6 cm³/mol. The maximum Gasteiger partial charge on any atom is 0.131 e. The molecule has 23 heavy (non-hydrogen) atoms. The second-order valence-corrected chi connectivity index (χ2v) is 8.54. The van der Waals surface area contributed by atoms with Crippen LogP contribution in [0.4, 0.5) is 0 Å². The summed E-state index contributed by atoms with van der Waals surface area (Å²) in [6, 6.07) is 0. The number of aliphatic hydroxyl groups is 1. The van der Waals surface area contributed by atoms with E-state index in [1.54, 1.807) is 5.57 Å². The molecule has 4 rings (SSSR count). The molecule has 1 unspecified atom stereocenters. The Bertz CT molecular complexity index is 594. The summed E-state index contributed by atoms with van der Waals surface area (Å²) in [6.45, 7) is 6.76. The van der Waals surface area contributed by atoms with Crippen LogP contribution in [0.1, 0.15) is 64.7 Å². The summed E-state index contributed by atoms with van der Waals surface area (Å²) in [5, 5.41) is 11.2. The molecule has 3 fully saturated rings.